The lowest BCUT2D eigenvalue weighted by Crippen LogP contribution is -2.47. The van der Waals surface area contributed by atoms with E-state index in [2.05, 4.69) is 5.32 Å². The molecule has 1 atom stereocenters. The Bertz CT molecular complexity index is 883. The zero-order chi connectivity index (χ0) is 21.0. The number of carbonyl (C=O) groups is 3. The number of imide groups is 1. The number of rotatable bonds is 7. The summed E-state index contributed by atoms with van der Waals surface area (Å²) in [6.07, 6.45) is 1.18. The first-order valence-electron chi connectivity index (χ1n) is 9.97. The van der Waals surface area contributed by atoms with E-state index in [1.54, 1.807) is 4.90 Å². The summed E-state index contributed by atoms with van der Waals surface area (Å²) >= 11 is 0. The number of hydrogen-bond acceptors (Lipinski definition) is 3. The Morgan fingerprint density at radius 1 is 1.03 bits per heavy atom. The van der Waals surface area contributed by atoms with Gasteiger partial charge in [0, 0.05) is 11.7 Å². The number of para-hydroxylation sites is 1. The van der Waals surface area contributed by atoms with Gasteiger partial charge < -0.3 is 10.2 Å². The molecule has 1 aliphatic rings. The maximum Gasteiger partial charge on any atom is 0.325 e. The van der Waals surface area contributed by atoms with Gasteiger partial charge in [-0.1, -0.05) is 61.9 Å². The number of nitrogens with zero attached hydrogens (tertiary/aromatic N) is 2. The lowest BCUT2D eigenvalue weighted by molar-refractivity contribution is -0.135. The molecule has 0 unspecified atom stereocenters. The van der Waals surface area contributed by atoms with Gasteiger partial charge in [0.2, 0.25) is 5.91 Å². The van der Waals surface area contributed by atoms with E-state index >= 15 is 0 Å². The largest absolute Gasteiger partial charge is 0.325 e. The maximum absolute atomic E-state index is 13.4. The summed E-state index contributed by atoms with van der Waals surface area (Å²) in [5, 5.41) is 2.86. The lowest BCUT2D eigenvalue weighted by Gasteiger charge is -2.29. The molecule has 0 aromatic heterocycles. The van der Waals surface area contributed by atoms with Crippen LogP contribution in [0, 0.1) is 0 Å². The Morgan fingerprint density at radius 2 is 1.62 bits per heavy atom. The molecule has 152 valence electrons. The predicted molar refractivity (Wildman–Crippen MR) is 112 cm³/mol. The molecule has 1 aliphatic heterocycles. The van der Waals surface area contributed by atoms with Crippen LogP contribution >= 0.6 is 0 Å². The third kappa shape index (κ3) is 3.88. The van der Waals surface area contributed by atoms with Crippen molar-refractivity contribution in [2.24, 2.45) is 0 Å². The summed E-state index contributed by atoms with van der Waals surface area (Å²) in [6.45, 7) is 5.48. The van der Waals surface area contributed by atoms with E-state index in [1.165, 1.54) is 0 Å². The average molecular weight is 393 g/mol. The standard InChI is InChI=1S/C23H27N3O3/c1-4-15-23(18-11-7-5-8-12-18)21(28)25(22(29)24-23)16-20(27)26(17(2)3)19-13-9-6-10-14-19/h5-14,17H,4,15-16H2,1-3H3,(H,24,29)/t23-/m0/s1. The van der Waals surface area contributed by atoms with Gasteiger partial charge in [0.25, 0.3) is 5.91 Å². The molecule has 0 spiro atoms. The second kappa shape index (κ2) is 8.47. The van der Waals surface area contributed by atoms with E-state index in [-0.39, 0.29) is 24.4 Å². The average Bonchev–Trinajstić information content (AvgIpc) is 2.95. The number of anilines is 1. The van der Waals surface area contributed by atoms with Gasteiger partial charge >= 0.3 is 6.03 Å². The van der Waals surface area contributed by atoms with Crippen molar-refractivity contribution in [3.8, 4) is 0 Å². The van der Waals surface area contributed by atoms with E-state index in [1.807, 2.05) is 81.4 Å². The molecular formula is C23H27N3O3. The highest BCUT2D eigenvalue weighted by atomic mass is 16.2. The number of carbonyl (C=O) groups excluding carboxylic acids is 3. The van der Waals surface area contributed by atoms with Crippen LogP contribution in [-0.2, 0) is 15.1 Å². The molecule has 29 heavy (non-hydrogen) atoms. The fourth-order valence-corrected chi connectivity index (χ4v) is 3.91. The highest BCUT2D eigenvalue weighted by Gasteiger charge is 2.52. The smallest absolute Gasteiger partial charge is 0.319 e. The molecule has 1 heterocycles. The summed E-state index contributed by atoms with van der Waals surface area (Å²) in [4.78, 5) is 41.8. The van der Waals surface area contributed by atoms with Crippen molar-refractivity contribution >= 4 is 23.5 Å². The van der Waals surface area contributed by atoms with Crippen LogP contribution in [0.4, 0.5) is 10.5 Å². The van der Waals surface area contributed by atoms with Crippen LogP contribution in [0.3, 0.4) is 0 Å². The van der Waals surface area contributed by atoms with E-state index in [4.69, 9.17) is 0 Å². The second-order valence-electron chi connectivity index (χ2n) is 7.54. The van der Waals surface area contributed by atoms with Gasteiger partial charge in [-0.05, 0) is 38.0 Å². The van der Waals surface area contributed by atoms with Crippen LogP contribution in [-0.4, -0.2) is 35.3 Å². The van der Waals surface area contributed by atoms with Crippen molar-refractivity contribution in [1.29, 1.82) is 0 Å². The first-order valence-corrected chi connectivity index (χ1v) is 9.97. The van der Waals surface area contributed by atoms with E-state index < -0.39 is 11.6 Å². The van der Waals surface area contributed by atoms with E-state index in [0.717, 1.165) is 16.2 Å². The second-order valence-corrected chi connectivity index (χ2v) is 7.54. The van der Waals surface area contributed by atoms with Crippen LogP contribution in [0.2, 0.25) is 0 Å². The number of amides is 4. The Morgan fingerprint density at radius 3 is 2.17 bits per heavy atom. The Labute approximate surface area is 171 Å². The molecule has 0 aliphatic carbocycles. The normalized spacial score (nSPS) is 18.8. The van der Waals surface area contributed by atoms with Crippen molar-refractivity contribution in [2.75, 3.05) is 11.4 Å². The van der Waals surface area contributed by atoms with E-state index in [9.17, 15) is 14.4 Å². The Kier molecular flexibility index (Phi) is 6.01. The SMILES string of the molecule is CCC[C@@]1(c2ccccc2)NC(=O)N(CC(=O)N(c2ccccc2)C(C)C)C1=O. The Balaban J connectivity index is 1.88. The molecule has 3 rings (SSSR count). The summed E-state index contributed by atoms with van der Waals surface area (Å²) < 4.78 is 0. The van der Waals surface area contributed by atoms with Gasteiger partial charge in [0.1, 0.15) is 12.1 Å². The topological polar surface area (TPSA) is 69.7 Å². The van der Waals surface area contributed by atoms with Gasteiger partial charge in [-0.2, -0.15) is 0 Å². The minimum Gasteiger partial charge on any atom is -0.319 e. The quantitative estimate of drug-likeness (QED) is 0.730. The minimum absolute atomic E-state index is 0.111. The fourth-order valence-electron chi connectivity index (χ4n) is 3.91. The molecule has 4 amide bonds. The van der Waals surface area contributed by atoms with Crippen molar-refractivity contribution in [3.05, 3.63) is 66.2 Å². The van der Waals surface area contributed by atoms with Gasteiger partial charge in [-0.3, -0.25) is 14.5 Å². The molecule has 0 saturated carbocycles. The Hall–Kier alpha value is -3.15. The van der Waals surface area contributed by atoms with Crippen LogP contribution < -0.4 is 10.2 Å². The van der Waals surface area contributed by atoms with E-state index in [0.29, 0.717) is 12.8 Å². The first-order chi connectivity index (χ1) is 13.9. The fraction of sp³-hybridized carbons (Fsp3) is 0.348. The summed E-state index contributed by atoms with van der Waals surface area (Å²) in [6, 6.07) is 17.9. The van der Waals surface area contributed by atoms with Crippen molar-refractivity contribution in [3.63, 3.8) is 0 Å². The van der Waals surface area contributed by atoms with Gasteiger partial charge in [-0.15, -0.1) is 0 Å². The van der Waals surface area contributed by atoms with Crippen LogP contribution in [0.25, 0.3) is 0 Å². The number of nitrogens with one attached hydrogen (secondary N) is 1. The van der Waals surface area contributed by atoms with Crippen molar-refractivity contribution in [1.82, 2.24) is 10.2 Å². The van der Waals surface area contributed by atoms with Gasteiger partial charge in [-0.25, -0.2) is 4.79 Å². The highest BCUT2D eigenvalue weighted by molar-refractivity contribution is 6.10. The maximum atomic E-state index is 13.4. The molecule has 1 N–H and O–H groups in total. The monoisotopic (exact) mass is 393 g/mol. The van der Waals surface area contributed by atoms with Gasteiger partial charge in [0.15, 0.2) is 0 Å². The molecular weight excluding hydrogens is 366 g/mol. The summed E-state index contributed by atoms with van der Waals surface area (Å²) in [7, 11) is 0. The molecule has 1 saturated heterocycles. The number of hydrogen-bond donors (Lipinski definition) is 1. The highest BCUT2D eigenvalue weighted by Crippen LogP contribution is 2.33. The molecule has 2 aromatic carbocycles. The van der Waals surface area contributed by atoms with Crippen LogP contribution in [0.5, 0.6) is 0 Å². The minimum atomic E-state index is -1.12. The molecule has 0 radical (unpaired) electrons. The molecule has 6 heteroatoms. The zero-order valence-corrected chi connectivity index (χ0v) is 17.1. The number of benzene rings is 2. The third-order valence-corrected chi connectivity index (χ3v) is 5.18. The van der Waals surface area contributed by atoms with Gasteiger partial charge in [0.05, 0.1) is 0 Å². The molecule has 6 nitrogen and oxygen atoms in total. The zero-order valence-electron chi connectivity index (χ0n) is 17.1. The summed E-state index contributed by atoms with van der Waals surface area (Å²) in [5.74, 6) is -0.671. The summed E-state index contributed by atoms with van der Waals surface area (Å²) in [5.41, 5.74) is 0.351. The van der Waals surface area contributed by atoms with Crippen molar-refractivity contribution < 1.29 is 14.4 Å². The molecule has 1 fully saturated rings. The lowest BCUT2D eigenvalue weighted by atomic mass is 9.85. The van der Waals surface area contributed by atoms with Crippen LogP contribution in [0.15, 0.2) is 60.7 Å². The first kappa shape index (κ1) is 20.6. The number of urea groups is 1. The third-order valence-electron chi connectivity index (χ3n) is 5.18. The molecule has 0 bridgehead atoms. The van der Waals surface area contributed by atoms with Crippen LogP contribution in [0.1, 0.15) is 39.2 Å². The predicted octanol–water partition coefficient (Wildman–Crippen LogP) is 3.68. The van der Waals surface area contributed by atoms with Crippen molar-refractivity contribution in [2.45, 2.75) is 45.2 Å². The molecule has 2 aromatic rings.